The lowest BCUT2D eigenvalue weighted by molar-refractivity contribution is -0.118. The van der Waals surface area contributed by atoms with Crippen LogP contribution in [-0.2, 0) is 4.79 Å². The SMILES string of the molecule is O=C(COc1cccc2ccccc12)Nc1ccc(Cl)cc1C(=O)N1CCCC1. The zero-order chi connectivity index (χ0) is 20.2. The van der Waals surface area contributed by atoms with Crippen molar-refractivity contribution in [1.29, 1.82) is 0 Å². The van der Waals surface area contributed by atoms with Crippen LogP contribution in [0.4, 0.5) is 5.69 Å². The topological polar surface area (TPSA) is 58.6 Å². The second-order valence-electron chi connectivity index (χ2n) is 7.00. The lowest BCUT2D eigenvalue weighted by Gasteiger charge is -2.18. The standard InChI is InChI=1S/C23H21ClN2O3/c24-17-10-11-20(19(14-17)23(28)26-12-3-4-13-26)25-22(27)15-29-21-9-5-7-16-6-1-2-8-18(16)21/h1-2,5-11,14H,3-4,12-13,15H2,(H,25,27). The van der Waals surface area contributed by atoms with E-state index in [0.717, 1.165) is 36.7 Å². The average Bonchev–Trinajstić information content (AvgIpc) is 3.28. The first-order chi connectivity index (χ1) is 14.1. The van der Waals surface area contributed by atoms with Crippen molar-refractivity contribution in [3.05, 3.63) is 71.2 Å². The second-order valence-corrected chi connectivity index (χ2v) is 7.44. The number of halogens is 1. The third-order valence-electron chi connectivity index (χ3n) is 4.99. The lowest BCUT2D eigenvalue weighted by Crippen LogP contribution is -2.29. The number of nitrogens with zero attached hydrogens (tertiary/aromatic N) is 1. The maximum Gasteiger partial charge on any atom is 0.262 e. The van der Waals surface area contributed by atoms with Crippen molar-refractivity contribution in [2.75, 3.05) is 25.0 Å². The van der Waals surface area contributed by atoms with Gasteiger partial charge in [0.15, 0.2) is 6.61 Å². The number of hydrogen-bond acceptors (Lipinski definition) is 3. The number of ether oxygens (including phenoxy) is 1. The predicted molar refractivity (Wildman–Crippen MR) is 115 cm³/mol. The minimum absolute atomic E-state index is 0.115. The van der Waals surface area contributed by atoms with Gasteiger partial charge in [-0.3, -0.25) is 9.59 Å². The van der Waals surface area contributed by atoms with Crippen molar-refractivity contribution >= 4 is 39.9 Å². The van der Waals surface area contributed by atoms with Crippen LogP contribution in [0, 0.1) is 0 Å². The molecule has 3 aromatic rings. The first-order valence-electron chi connectivity index (χ1n) is 9.61. The van der Waals surface area contributed by atoms with Gasteiger partial charge in [-0.05, 0) is 42.5 Å². The van der Waals surface area contributed by atoms with Crippen LogP contribution in [0.25, 0.3) is 10.8 Å². The van der Waals surface area contributed by atoms with Crippen molar-refractivity contribution in [1.82, 2.24) is 4.90 Å². The van der Waals surface area contributed by atoms with Crippen LogP contribution in [0.5, 0.6) is 5.75 Å². The number of carbonyl (C=O) groups is 2. The summed E-state index contributed by atoms with van der Waals surface area (Å²) >= 11 is 6.09. The Morgan fingerprint density at radius 3 is 2.59 bits per heavy atom. The van der Waals surface area contributed by atoms with E-state index in [1.165, 1.54) is 0 Å². The normalized spacial score (nSPS) is 13.5. The molecule has 0 aromatic heterocycles. The molecule has 1 aliphatic rings. The summed E-state index contributed by atoms with van der Waals surface area (Å²) in [5, 5.41) is 5.23. The molecule has 3 aromatic carbocycles. The first kappa shape index (κ1) is 19.3. The molecule has 1 fully saturated rings. The van der Waals surface area contributed by atoms with Gasteiger partial charge in [-0.25, -0.2) is 0 Å². The van der Waals surface area contributed by atoms with Gasteiger partial charge in [0.25, 0.3) is 11.8 Å². The van der Waals surface area contributed by atoms with Crippen LogP contribution >= 0.6 is 11.6 Å². The maximum atomic E-state index is 12.8. The molecule has 0 spiro atoms. The third kappa shape index (κ3) is 4.35. The van der Waals surface area contributed by atoms with Crippen LogP contribution in [0.15, 0.2) is 60.7 Å². The largest absolute Gasteiger partial charge is 0.483 e. The number of anilines is 1. The summed E-state index contributed by atoms with van der Waals surface area (Å²) in [6.45, 7) is 1.29. The van der Waals surface area contributed by atoms with E-state index in [4.69, 9.17) is 16.3 Å². The van der Waals surface area contributed by atoms with E-state index >= 15 is 0 Å². The van der Waals surface area contributed by atoms with Gasteiger partial charge in [0.2, 0.25) is 0 Å². The van der Waals surface area contributed by atoms with Crippen LogP contribution in [0.1, 0.15) is 23.2 Å². The highest BCUT2D eigenvalue weighted by Crippen LogP contribution is 2.26. The molecule has 6 heteroatoms. The fraction of sp³-hybridized carbons (Fsp3) is 0.217. The van der Waals surface area contributed by atoms with Crippen molar-refractivity contribution in [2.45, 2.75) is 12.8 Å². The van der Waals surface area contributed by atoms with Crippen molar-refractivity contribution in [3.8, 4) is 5.75 Å². The van der Waals surface area contributed by atoms with Crippen LogP contribution < -0.4 is 10.1 Å². The molecule has 0 radical (unpaired) electrons. The maximum absolute atomic E-state index is 12.8. The van der Waals surface area contributed by atoms with Crippen molar-refractivity contribution in [2.24, 2.45) is 0 Å². The number of rotatable bonds is 5. The van der Waals surface area contributed by atoms with Gasteiger partial charge in [0.1, 0.15) is 5.75 Å². The number of nitrogens with one attached hydrogen (secondary N) is 1. The van der Waals surface area contributed by atoms with Crippen LogP contribution in [0.3, 0.4) is 0 Å². The molecule has 1 saturated heterocycles. The molecule has 0 aliphatic carbocycles. The Kier molecular flexibility index (Phi) is 5.67. The molecule has 0 unspecified atom stereocenters. The van der Waals surface area contributed by atoms with Gasteiger partial charge in [0.05, 0.1) is 11.3 Å². The Hall–Kier alpha value is -3.05. The molecule has 1 heterocycles. The zero-order valence-electron chi connectivity index (χ0n) is 15.9. The van der Waals surface area contributed by atoms with Gasteiger partial charge in [-0.15, -0.1) is 0 Å². The van der Waals surface area contributed by atoms with E-state index in [2.05, 4.69) is 5.32 Å². The molecular weight excluding hydrogens is 388 g/mol. The highest BCUT2D eigenvalue weighted by Gasteiger charge is 2.23. The zero-order valence-corrected chi connectivity index (χ0v) is 16.6. The third-order valence-corrected chi connectivity index (χ3v) is 5.22. The number of fused-ring (bicyclic) bond motifs is 1. The summed E-state index contributed by atoms with van der Waals surface area (Å²) in [5.41, 5.74) is 0.843. The van der Waals surface area contributed by atoms with E-state index in [1.54, 1.807) is 23.1 Å². The smallest absolute Gasteiger partial charge is 0.262 e. The van der Waals surface area contributed by atoms with Crippen LogP contribution in [0.2, 0.25) is 5.02 Å². The summed E-state index contributed by atoms with van der Waals surface area (Å²) < 4.78 is 5.74. The fourth-order valence-corrected chi connectivity index (χ4v) is 3.72. The molecule has 1 aliphatic heterocycles. The summed E-state index contributed by atoms with van der Waals surface area (Å²) in [7, 11) is 0. The van der Waals surface area contributed by atoms with Gasteiger partial charge in [-0.1, -0.05) is 48.0 Å². The minimum atomic E-state index is -0.337. The molecular formula is C23H21ClN2O3. The molecule has 0 atom stereocenters. The average molecular weight is 409 g/mol. The Labute approximate surface area is 174 Å². The first-order valence-corrected chi connectivity index (χ1v) is 9.99. The Morgan fingerprint density at radius 2 is 1.76 bits per heavy atom. The molecule has 5 nitrogen and oxygen atoms in total. The molecule has 0 bridgehead atoms. The van der Waals surface area contributed by atoms with Crippen LogP contribution in [-0.4, -0.2) is 36.4 Å². The summed E-state index contributed by atoms with van der Waals surface area (Å²) in [6, 6.07) is 18.5. The molecule has 29 heavy (non-hydrogen) atoms. The fourth-order valence-electron chi connectivity index (χ4n) is 3.54. The molecule has 0 saturated carbocycles. The van der Waals surface area contributed by atoms with E-state index < -0.39 is 0 Å². The van der Waals surface area contributed by atoms with E-state index in [-0.39, 0.29) is 18.4 Å². The van der Waals surface area contributed by atoms with E-state index in [0.29, 0.717) is 22.0 Å². The monoisotopic (exact) mass is 408 g/mol. The van der Waals surface area contributed by atoms with E-state index in [1.807, 2.05) is 42.5 Å². The minimum Gasteiger partial charge on any atom is -0.483 e. The Balaban J connectivity index is 1.47. The van der Waals surface area contributed by atoms with Gasteiger partial charge >= 0.3 is 0 Å². The number of hydrogen-bond donors (Lipinski definition) is 1. The molecule has 1 N–H and O–H groups in total. The Morgan fingerprint density at radius 1 is 1.00 bits per heavy atom. The van der Waals surface area contributed by atoms with E-state index in [9.17, 15) is 9.59 Å². The quantitative estimate of drug-likeness (QED) is 0.663. The van der Waals surface area contributed by atoms with Gasteiger partial charge < -0.3 is 15.0 Å². The number of benzene rings is 3. The van der Waals surface area contributed by atoms with Crippen molar-refractivity contribution in [3.63, 3.8) is 0 Å². The van der Waals surface area contributed by atoms with Crippen molar-refractivity contribution < 1.29 is 14.3 Å². The second kappa shape index (κ2) is 8.53. The summed E-state index contributed by atoms with van der Waals surface area (Å²) in [6.07, 6.45) is 1.99. The molecule has 4 rings (SSSR count). The van der Waals surface area contributed by atoms with Gasteiger partial charge in [-0.2, -0.15) is 0 Å². The highest BCUT2D eigenvalue weighted by molar-refractivity contribution is 6.31. The van der Waals surface area contributed by atoms with Gasteiger partial charge in [0, 0.05) is 23.5 Å². The summed E-state index contributed by atoms with van der Waals surface area (Å²) in [4.78, 5) is 27.1. The highest BCUT2D eigenvalue weighted by atomic mass is 35.5. The lowest BCUT2D eigenvalue weighted by atomic mass is 10.1. The summed E-state index contributed by atoms with van der Waals surface area (Å²) in [5.74, 6) is 0.189. The molecule has 2 amide bonds. The predicted octanol–water partition coefficient (Wildman–Crippen LogP) is 4.75. The Bertz CT molecular complexity index is 1060. The number of amides is 2. The number of carbonyl (C=O) groups excluding carboxylic acids is 2. The number of likely N-dealkylation sites (tertiary alicyclic amines) is 1. The molecule has 148 valence electrons.